The fourth-order valence-corrected chi connectivity index (χ4v) is 3.47. The van der Waals surface area contributed by atoms with Crippen LogP contribution in [-0.4, -0.2) is 27.2 Å². The maximum Gasteiger partial charge on any atom is 0.242 e. The Balaban J connectivity index is 2.06. The quantitative estimate of drug-likeness (QED) is 0.799. The average molecular weight is 288 g/mol. The van der Waals surface area contributed by atoms with Gasteiger partial charge in [0.2, 0.25) is 10.0 Å². The highest BCUT2D eigenvalue weighted by atomic mass is 32.2. The molecule has 5 nitrogen and oxygen atoms in total. The second-order valence-corrected chi connectivity index (χ2v) is 6.20. The first kappa shape index (κ1) is 14.2. The van der Waals surface area contributed by atoms with Crippen LogP contribution in [0.5, 0.6) is 0 Å². The predicted octanol–water partition coefficient (Wildman–Crippen LogP) is 1.25. The summed E-state index contributed by atoms with van der Waals surface area (Å²) in [6.45, 7) is 2.51. The molecule has 106 valence electrons. The van der Waals surface area contributed by atoms with Crippen LogP contribution >= 0.6 is 0 Å². The summed E-state index contributed by atoms with van der Waals surface area (Å²) in [7, 11) is -3.78. The van der Waals surface area contributed by atoms with Crippen LogP contribution in [0.25, 0.3) is 0 Å². The van der Waals surface area contributed by atoms with Crippen molar-refractivity contribution in [3.05, 3.63) is 24.0 Å². The number of hydrogen-bond donors (Lipinski definition) is 2. The summed E-state index contributed by atoms with van der Waals surface area (Å²) < 4.78 is 45.3. The third-order valence-electron chi connectivity index (χ3n) is 3.12. The molecule has 0 spiro atoms. The molecule has 0 radical (unpaired) electrons. The van der Waals surface area contributed by atoms with Crippen LogP contribution < -0.4 is 10.5 Å². The highest BCUT2D eigenvalue weighted by Crippen LogP contribution is 2.27. The first-order valence-corrected chi connectivity index (χ1v) is 7.60. The molecule has 7 heteroatoms. The van der Waals surface area contributed by atoms with Gasteiger partial charge < -0.3 is 10.5 Å². The van der Waals surface area contributed by atoms with Crippen LogP contribution in [0.15, 0.2) is 23.1 Å². The Labute approximate surface area is 112 Å². The first-order chi connectivity index (χ1) is 8.94. The normalized spacial score (nSPS) is 23.1. The van der Waals surface area contributed by atoms with Crippen LogP contribution in [0.1, 0.15) is 19.8 Å². The van der Waals surface area contributed by atoms with E-state index in [1.54, 1.807) is 0 Å². The van der Waals surface area contributed by atoms with Crippen LogP contribution in [-0.2, 0) is 14.8 Å². The third kappa shape index (κ3) is 3.05. The highest BCUT2D eigenvalue weighted by Gasteiger charge is 2.33. The topological polar surface area (TPSA) is 81.4 Å². The van der Waals surface area contributed by atoms with Crippen LogP contribution in [0, 0.1) is 5.82 Å². The van der Waals surface area contributed by atoms with E-state index >= 15 is 0 Å². The second kappa shape index (κ2) is 5.44. The van der Waals surface area contributed by atoms with E-state index in [1.807, 2.05) is 6.92 Å². The molecule has 1 aliphatic rings. The van der Waals surface area contributed by atoms with E-state index in [-0.39, 0.29) is 22.7 Å². The number of nitrogens with two attached hydrogens (primary N) is 1. The summed E-state index contributed by atoms with van der Waals surface area (Å²) in [6.07, 6.45) is 1.35. The maximum atomic E-state index is 13.3. The zero-order chi connectivity index (χ0) is 14.0. The number of ether oxygens (including phenoxy) is 1. The molecule has 1 saturated carbocycles. The number of benzene rings is 1. The lowest BCUT2D eigenvalue weighted by Crippen LogP contribution is -2.47. The minimum Gasteiger partial charge on any atom is -0.395 e. The average Bonchev–Trinajstić information content (AvgIpc) is 2.29. The zero-order valence-electron chi connectivity index (χ0n) is 10.6. The van der Waals surface area contributed by atoms with Gasteiger partial charge in [0.15, 0.2) is 0 Å². The van der Waals surface area contributed by atoms with Gasteiger partial charge in [0.1, 0.15) is 10.7 Å². The molecule has 2 rings (SSSR count). The lowest BCUT2D eigenvalue weighted by atomic mass is 9.90. The molecule has 0 amide bonds. The lowest BCUT2D eigenvalue weighted by molar-refractivity contribution is -0.00475. The number of hydrogen-bond acceptors (Lipinski definition) is 4. The van der Waals surface area contributed by atoms with Crippen LogP contribution in [0.4, 0.5) is 10.1 Å². The Morgan fingerprint density at radius 3 is 2.79 bits per heavy atom. The zero-order valence-corrected chi connectivity index (χ0v) is 11.4. The van der Waals surface area contributed by atoms with Gasteiger partial charge in [-0.05, 0) is 31.9 Å². The standard InChI is InChI=1S/C12H17FN2O3S/c1-2-18-9-6-8(7-9)15-19(16,17)11-5-3-4-10(13)12(11)14/h3-5,8-9,15H,2,6-7,14H2,1H3. The number of nitrogen functional groups attached to an aromatic ring is 1. The molecule has 1 fully saturated rings. The summed E-state index contributed by atoms with van der Waals surface area (Å²) in [5.41, 5.74) is 5.11. The minimum atomic E-state index is -3.78. The Morgan fingerprint density at radius 2 is 2.16 bits per heavy atom. The lowest BCUT2D eigenvalue weighted by Gasteiger charge is -2.35. The van der Waals surface area contributed by atoms with Crippen LogP contribution in [0.2, 0.25) is 0 Å². The van der Waals surface area contributed by atoms with Gasteiger partial charge in [-0.25, -0.2) is 17.5 Å². The van der Waals surface area contributed by atoms with Gasteiger partial charge in [-0.1, -0.05) is 6.07 Å². The van der Waals surface area contributed by atoms with Crippen LogP contribution in [0.3, 0.4) is 0 Å². The summed E-state index contributed by atoms with van der Waals surface area (Å²) in [5, 5.41) is 0. The highest BCUT2D eigenvalue weighted by molar-refractivity contribution is 7.89. The number of halogens is 1. The number of anilines is 1. The minimum absolute atomic E-state index is 0.0996. The molecule has 0 saturated heterocycles. The van der Waals surface area contributed by atoms with Gasteiger partial charge >= 0.3 is 0 Å². The molecule has 1 aromatic rings. The van der Waals surface area contributed by atoms with Crippen molar-refractivity contribution in [3.63, 3.8) is 0 Å². The molecule has 1 aliphatic carbocycles. The van der Waals surface area contributed by atoms with Gasteiger partial charge in [-0.3, -0.25) is 0 Å². The van der Waals surface area contributed by atoms with Crippen molar-refractivity contribution < 1.29 is 17.5 Å². The van der Waals surface area contributed by atoms with Crippen molar-refractivity contribution >= 4 is 15.7 Å². The number of para-hydroxylation sites is 1. The van der Waals surface area contributed by atoms with Crippen molar-refractivity contribution in [1.29, 1.82) is 0 Å². The smallest absolute Gasteiger partial charge is 0.242 e. The summed E-state index contributed by atoms with van der Waals surface area (Å²) in [5.74, 6) is -0.733. The van der Waals surface area contributed by atoms with E-state index in [0.29, 0.717) is 19.4 Å². The summed E-state index contributed by atoms with van der Waals surface area (Å²) in [6, 6.07) is 3.57. The SMILES string of the molecule is CCOC1CC(NS(=O)(=O)c2cccc(F)c2N)C1. The van der Waals surface area contributed by atoms with E-state index in [1.165, 1.54) is 12.1 Å². The second-order valence-electron chi connectivity index (χ2n) is 4.52. The molecule has 1 aromatic carbocycles. The molecule has 19 heavy (non-hydrogen) atoms. The maximum absolute atomic E-state index is 13.3. The number of sulfonamides is 1. The van der Waals surface area contributed by atoms with Gasteiger partial charge in [0, 0.05) is 12.6 Å². The van der Waals surface area contributed by atoms with Crippen molar-refractivity contribution in [3.8, 4) is 0 Å². The fourth-order valence-electron chi connectivity index (χ4n) is 2.07. The number of rotatable bonds is 5. The van der Waals surface area contributed by atoms with E-state index in [4.69, 9.17) is 10.5 Å². The molecular formula is C12H17FN2O3S. The first-order valence-electron chi connectivity index (χ1n) is 6.12. The summed E-state index contributed by atoms with van der Waals surface area (Å²) in [4.78, 5) is -0.215. The molecule has 0 heterocycles. The molecular weight excluding hydrogens is 271 g/mol. The van der Waals surface area contributed by atoms with Gasteiger partial charge in [-0.15, -0.1) is 0 Å². The van der Waals surface area contributed by atoms with E-state index in [9.17, 15) is 12.8 Å². The summed E-state index contributed by atoms with van der Waals surface area (Å²) >= 11 is 0. The van der Waals surface area contributed by atoms with Crippen molar-refractivity contribution in [2.45, 2.75) is 36.8 Å². The predicted molar refractivity (Wildman–Crippen MR) is 69.6 cm³/mol. The van der Waals surface area contributed by atoms with Gasteiger partial charge in [0.05, 0.1) is 11.8 Å². The van der Waals surface area contributed by atoms with Gasteiger partial charge in [-0.2, -0.15) is 0 Å². The largest absolute Gasteiger partial charge is 0.395 e. The van der Waals surface area contributed by atoms with Gasteiger partial charge in [0.25, 0.3) is 0 Å². The third-order valence-corrected chi connectivity index (χ3v) is 4.70. The Kier molecular flexibility index (Phi) is 4.07. The Bertz CT molecular complexity index is 556. The molecule has 0 unspecified atom stereocenters. The fraction of sp³-hybridized carbons (Fsp3) is 0.500. The van der Waals surface area contributed by atoms with Crippen molar-refractivity contribution in [2.24, 2.45) is 0 Å². The van der Waals surface area contributed by atoms with Crippen molar-refractivity contribution in [1.82, 2.24) is 4.72 Å². The number of nitrogens with one attached hydrogen (secondary N) is 1. The van der Waals surface area contributed by atoms with Crippen molar-refractivity contribution in [2.75, 3.05) is 12.3 Å². The Morgan fingerprint density at radius 1 is 1.47 bits per heavy atom. The molecule has 0 aromatic heterocycles. The molecule has 0 aliphatic heterocycles. The Hall–Kier alpha value is -1.18. The van der Waals surface area contributed by atoms with E-state index in [2.05, 4.69) is 4.72 Å². The molecule has 0 bridgehead atoms. The van der Waals surface area contributed by atoms with E-state index in [0.717, 1.165) is 6.07 Å². The van der Waals surface area contributed by atoms with E-state index < -0.39 is 15.8 Å². The molecule has 3 N–H and O–H groups in total. The monoisotopic (exact) mass is 288 g/mol. The molecule has 0 atom stereocenters.